The molecule has 176 valence electrons. The fraction of sp³-hybridized carbons (Fsp3) is 0.433. The van der Waals surface area contributed by atoms with Crippen LogP contribution in [0.1, 0.15) is 68.6 Å². The van der Waals surface area contributed by atoms with E-state index in [4.69, 9.17) is 4.43 Å². The van der Waals surface area contributed by atoms with Crippen LogP contribution in [-0.4, -0.2) is 19.7 Å². The van der Waals surface area contributed by atoms with E-state index in [0.717, 1.165) is 24.0 Å². The van der Waals surface area contributed by atoms with Crippen molar-refractivity contribution in [3.63, 3.8) is 0 Å². The van der Waals surface area contributed by atoms with Crippen LogP contribution >= 0.6 is 0 Å². The molecule has 0 amide bonds. The number of rotatable bonds is 11. The summed E-state index contributed by atoms with van der Waals surface area (Å²) in [5.74, 6) is 0.624. The van der Waals surface area contributed by atoms with Gasteiger partial charge >= 0.3 is 0 Å². The first kappa shape index (κ1) is 25.4. The molecule has 33 heavy (non-hydrogen) atoms. The Hall–Kier alpha value is -2.23. The number of carbonyl (C=O) groups excluding carboxylic acids is 1. The molecule has 2 aromatic carbocycles. The molecule has 1 aliphatic rings. The highest BCUT2D eigenvalue weighted by Gasteiger charge is 2.46. The Labute approximate surface area is 201 Å². The Morgan fingerprint density at radius 1 is 1.03 bits per heavy atom. The van der Waals surface area contributed by atoms with E-state index in [1.807, 2.05) is 42.5 Å². The second-order valence-corrected chi connectivity index (χ2v) is 13.7. The van der Waals surface area contributed by atoms with Crippen molar-refractivity contribution >= 4 is 19.3 Å². The molecule has 1 atom stereocenters. The van der Waals surface area contributed by atoms with E-state index in [-0.39, 0.29) is 5.78 Å². The van der Waals surface area contributed by atoms with Gasteiger partial charge in [-0.2, -0.15) is 0 Å². The maximum Gasteiger partial charge on any atom is 0.220 e. The number of carbonyl (C=O) groups is 1. The summed E-state index contributed by atoms with van der Waals surface area (Å²) < 4.78 is 7.16. The van der Waals surface area contributed by atoms with Gasteiger partial charge in [0, 0.05) is 5.56 Å². The Morgan fingerprint density at radius 2 is 1.64 bits per heavy atom. The van der Waals surface area contributed by atoms with Gasteiger partial charge in [0.1, 0.15) is 5.60 Å². The number of ketones is 1. The maximum atomic E-state index is 14.3. The van der Waals surface area contributed by atoms with Crippen LogP contribution in [0.4, 0.5) is 0 Å². The first-order chi connectivity index (χ1) is 15.9. The molecule has 1 saturated carbocycles. The number of allylic oxidation sites excluding steroid dienone is 2. The average molecular weight is 461 g/mol. The number of hydrogen-bond acceptors (Lipinski definition) is 2. The van der Waals surface area contributed by atoms with E-state index >= 15 is 0 Å². The summed E-state index contributed by atoms with van der Waals surface area (Å²) in [5, 5.41) is 1.21. The highest BCUT2D eigenvalue weighted by Crippen LogP contribution is 2.37. The predicted molar refractivity (Wildman–Crippen MR) is 143 cm³/mol. The SMILES string of the molecule is C=CCCC[C@@](O[Si](C)(C)c1ccccc1)(C(=O)c1ccccc1)/C(C)=C/C1CCCCC1. The van der Waals surface area contributed by atoms with Crippen molar-refractivity contribution in [2.24, 2.45) is 5.92 Å². The van der Waals surface area contributed by atoms with Gasteiger partial charge in [-0.1, -0.05) is 92.1 Å². The molecule has 0 radical (unpaired) electrons. The molecule has 2 aromatic rings. The zero-order chi connectivity index (χ0) is 23.7. The molecule has 2 nitrogen and oxygen atoms in total. The van der Waals surface area contributed by atoms with E-state index in [1.54, 1.807) is 0 Å². The van der Waals surface area contributed by atoms with Gasteiger partial charge in [-0.25, -0.2) is 0 Å². The molecular weight excluding hydrogens is 420 g/mol. The lowest BCUT2D eigenvalue weighted by Gasteiger charge is -2.41. The molecule has 0 unspecified atom stereocenters. The molecule has 0 bridgehead atoms. The third kappa shape index (κ3) is 6.42. The molecule has 1 aliphatic carbocycles. The van der Waals surface area contributed by atoms with Gasteiger partial charge < -0.3 is 4.43 Å². The molecule has 3 rings (SSSR count). The fourth-order valence-corrected chi connectivity index (χ4v) is 7.45. The van der Waals surface area contributed by atoms with Gasteiger partial charge in [-0.3, -0.25) is 4.79 Å². The van der Waals surface area contributed by atoms with Crippen molar-refractivity contribution in [3.8, 4) is 0 Å². The average Bonchev–Trinajstić information content (AvgIpc) is 2.84. The van der Waals surface area contributed by atoms with Crippen LogP contribution < -0.4 is 5.19 Å². The minimum Gasteiger partial charge on any atom is -0.397 e. The summed E-state index contributed by atoms with van der Waals surface area (Å²) >= 11 is 0. The quantitative estimate of drug-likeness (QED) is 0.149. The highest BCUT2D eigenvalue weighted by molar-refractivity contribution is 6.84. The Balaban J connectivity index is 2.09. The predicted octanol–water partition coefficient (Wildman–Crippen LogP) is 7.62. The number of unbranched alkanes of at least 4 members (excludes halogenated alkanes) is 1. The molecule has 0 aromatic heterocycles. The molecule has 0 spiro atoms. The molecule has 0 saturated heterocycles. The number of Topliss-reactive ketones (excluding diaryl/α,β-unsaturated/α-hetero) is 1. The largest absolute Gasteiger partial charge is 0.397 e. The lowest BCUT2D eigenvalue weighted by molar-refractivity contribution is 0.0520. The summed E-state index contributed by atoms with van der Waals surface area (Å²) in [6.45, 7) is 10.5. The van der Waals surface area contributed by atoms with E-state index in [9.17, 15) is 4.79 Å². The van der Waals surface area contributed by atoms with Crippen LogP contribution in [0.2, 0.25) is 13.1 Å². The van der Waals surface area contributed by atoms with Crippen LogP contribution in [0, 0.1) is 5.92 Å². The summed E-state index contributed by atoms with van der Waals surface area (Å²) in [5.41, 5.74) is 0.863. The van der Waals surface area contributed by atoms with Gasteiger partial charge in [0.15, 0.2) is 5.78 Å². The van der Waals surface area contributed by atoms with Crippen LogP contribution in [0.5, 0.6) is 0 Å². The van der Waals surface area contributed by atoms with Crippen LogP contribution in [-0.2, 0) is 4.43 Å². The van der Waals surface area contributed by atoms with Crippen LogP contribution in [0.3, 0.4) is 0 Å². The van der Waals surface area contributed by atoms with E-state index in [2.05, 4.69) is 56.9 Å². The monoisotopic (exact) mass is 460 g/mol. The van der Waals surface area contributed by atoms with Crippen molar-refractivity contribution in [3.05, 3.63) is 90.5 Å². The Morgan fingerprint density at radius 3 is 2.24 bits per heavy atom. The van der Waals surface area contributed by atoms with Crippen LogP contribution in [0.15, 0.2) is 85.0 Å². The summed E-state index contributed by atoms with van der Waals surface area (Å²) in [6, 6.07) is 20.2. The Bertz CT molecular complexity index is 926. The van der Waals surface area contributed by atoms with Crippen molar-refractivity contribution < 1.29 is 9.22 Å². The molecule has 0 heterocycles. The summed E-state index contributed by atoms with van der Waals surface area (Å²) in [6.07, 6.45) is 13.0. The van der Waals surface area contributed by atoms with Gasteiger partial charge in [-0.05, 0) is 68.8 Å². The number of benzene rings is 2. The van der Waals surface area contributed by atoms with Gasteiger partial charge in [0.25, 0.3) is 0 Å². The van der Waals surface area contributed by atoms with Gasteiger partial charge in [-0.15, -0.1) is 6.58 Å². The van der Waals surface area contributed by atoms with Gasteiger partial charge in [0.05, 0.1) is 0 Å². The van der Waals surface area contributed by atoms with Crippen LogP contribution in [0.25, 0.3) is 0 Å². The normalized spacial score (nSPS) is 17.4. The van der Waals surface area contributed by atoms with E-state index in [1.165, 1.54) is 37.3 Å². The topological polar surface area (TPSA) is 26.3 Å². The zero-order valence-corrected chi connectivity index (χ0v) is 21.7. The summed E-state index contributed by atoms with van der Waals surface area (Å²) in [4.78, 5) is 14.3. The molecule has 3 heteroatoms. The second kappa shape index (κ2) is 11.8. The smallest absolute Gasteiger partial charge is 0.220 e. The zero-order valence-electron chi connectivity index (χ0n) is 20.7. The van der Waals surface area contributed by atoms with E-state index < -0.39 is 13.9 Å². The Kier molecular flexibility index (Phi) is 9.05. The first-order valence-electron chi connectivity index (χ1n) is 12.5. The van der Waals surface area contributed by atoms with Crippen molar-refractivity contribution in [2.45, 2.75) is 77.0 Å². The third-order valence-corrected chi connectivity index (χ3v) is 9.59. The van der Waals surface area contributed by atoms with Crippen molar-refractivity contribution in [1.29, 1.82) is 0 Å². The third-order valence-electron chi connectivity index (χ3n) is 7.01. The second-order valence-electron chi connectivity index (χ2n) is 9.93. The lowest BCUT2D eigenvalue weighted by Crippen LogP contribution is -2.56. The maximum absolute atomic E-state index is 14.3. The standard InChI is InChI=1S/C30H40O2Si/c1-5-6-16-23-30(29(31)27-19-12-8-13-20-27,25(2)24-26-17-10-7-11-18-26)32-33(3,4)28-21-14-9-15-22-28/h5,8-9,12-15,19-22,24,26H,1,6-7,10-11,16-18,23H2,2-4H3/b25-24+/t30-/m0/s1. The molecule has 0 N–H and O–H groups in total. The van der Waals surface area contributed by atoms with Crippen molar-refractivity contribution in [1.82, 2.24) is 0 Å². The van der Waals surface area contributed by atoms with E-state index in [0.29, 0.717) is 12.3 Å². The minimum atomic E-state index is -2.39. The fourth-order valence-electron chi connectivity index (χ4n) is 5.11. The highest BCUT2D eigenvalue weighted by atomic mass is 28.4. The minimum absolute atomic E-state index is 0.0910. The molecule has 1 fully saturated rings. The molecular formula is C30H40O2Si. The summed E-state index contributed by atoms with van der Waals surface area (Å²) in [7, 11) is -2.39. The number of hydrogen-bond donors (Lipinski definition) is 0. The van der Waals surface area contributed by atoms with Gasteiger partial charge in [0.2, 0.25) is 8.32 Å². The van der Waals surface area contributed by atoms with Crippen molar-refractivity contribution in [2.75, 3.05) is 0 Å². The lowest BCUT2D eigenvalue weighted by atomic mass is 9.79. The molecule has 0 aliphatic heterocycles. The first-order valence-corrected chi connectivity index (χ1v) is 15.5.